The van der Waals surface area contributed by atoms with Crippen LogP contribution in [0.4, 0.5) is 0 Å². The maximum absolute atomic E-state index is 12.2. The first-order valence-corrected chi connectivity index (χ1v) is 6.46. The molecule has 0 aliphatic rings. The lowest BCUT2D eigenvalue weighted by atomic mass is 10.1. The van der Waals surface area contributed by atoms with E-state index in [1.165, 1.54) is 0 Å². The number of carboxylic acid groups (broad SMARTS) is 1. The number of carbonyl (C=O) groups excluding carboxylic acids is 1. The van der Waals surface area contributed by atoms with Gasteiger partial charge in [0, 0.05) is 11.6 Å². The standard InChI is InChI=1S/C14H21NO4/c1-5-6-11(7-12(16)17)15-14(18)13-8(2)9(3)19-10(13)4/h11H,5-7H2,1-4H3,(H,15,18)(H,16,17). The van der Waals surface area contributed by atoms with E-state index in [0.717, 1.165) is 12.0 Å². The van der Waals surface area contributed by atoms with E-state index in [1.807, 2.05) is 13.8 Å². The molecule has 0 saturated heterocycles. The zero-order chi connectivity index (χ0) is 14.6. The number of aliphatic carboxylic acids is 1. The minimum atomic E-state index is -0.907. The van der Waals surface area contributed by atoms with Crippen molar-refractivity contribution in [2.75, 3.05) is 0 Å². The van der Waals surface area contributed by atoms with E-state index < -0.39 is 5.97 Å². The van der Waals surface area contributed by atoms with Crippen LogP contribution in [0.25, 0.3) is 0 Å². The fourth-order valence-corrected chi connectivity index (χ4v) is 2.17. The fraction of sp³-hybridized carbons (Fsp3) is 0.571. The minimum absolute atomic E-state index is 0.0610. The lowest BCUT2D eigenvalue weighted by Crippen LogP contribution is -2.36. The molecule has 1 amide bonds. The summed E-state index contributed by atoms with van der Waals surface area (Å²) in [6.07, 6.45) is 1.40. The summed E-state index contributed by atoms with van der Waals surface area (Å²) in [5.74, 6) is 0.119. The molecular weight excluding hydrogens is 246 g/mol. The Morgan fingerprint density at radius 1 is 1.26 bits per heavy atom. The second-order valence-corrected chi connectivity index (χ2v) is 4.77. The van der Waals surface area contributed by atoms with Crippen LogP contribution in [0.3, 0.4) is 0 Å². The van der Waals surface area contributed by atoms with E-state index in [9.17, 15) is 9.59 Å². The summed E-state index contributed by atoms with van der Waals surface area (Å²) in [6.45, 7) is 7.33. The van der Waals surface area contributed by atoms with Crippen molar-refractivity contribution in [2.24, 2.45) is 0 Å². The topological polar surface area (TPSA) is 79.5 Å². The Balaban J connectivity index is 2.84. The van der Waals surface area contributed by atoms with Gasteiger partial charge in [-0.2, -0.15) is 0 Å². The van der Waals surface area contributed by atoms with Crippen LogP contribution in [-0.4, -0.2) is 23.0 Å². The van der Waals surface area contributed by atoms with Gasteiger partial charge < -0.3 is 14.8 Å². The lowest BCUT2D eigenvalue weighted by molar-refractivity contribution is -0.137. The molecule has 0 aliphatic carbocycles. The highest BCUT2D eigenvalue weighted by Gasteiger charge is 2.22. The molecule has 1 aromatic rings. The average Bonchev–Trinajstić information content (AvgIpc) is 2.52. The van der Waals surface area contributed by atoms with E-state index in [0.29, 0.717) is 23.5 Å². The molecule has 5 heteroatoms. The molecule has 1 rings (SSSR count). The molecular formula is C14H21NO4. The highest BCUT2D eigenvalue weighted by molar-refractivity contribution is 5.97. The normalized spacial score (nSPS) is 12.2. The molecule has 106 valence electrons. The number of aryl methyl sites for hydroxylation is 2. The van der Waals surface area contributed by atoms with Gasteiger partial charge in [-0.15, -0.1) is 0 Å². The third-order valence-corrected chi connectivity index (χ3v) is 3.18. The molecule has 0 aliphatic heterocycles. The zero-order valence-electron chi connectivity index (χ0n) is 11.9. The van der Waals surface area contributed by atoms with Crippen LogP contribution in [0.15, 0.2) is 4.42 Å². The summed E-state index contributed by atoms with van der Waals surface area (Å²) >= 11 is 0. The Morgan fingerprint density at radius 2 is 1.89 bits per heavy atom. The highest BCUT2D eigenvalue weighted by atomic mass is 16.4. The molecule has 2 N–H and O–H groups in total. The van der Waals surface area contributed by atoms with Crippen molar-refractivity contribution >= 4 is 11.9 Å². The number of hydrogen-bond donors (Lipinski definition) is 2. The minimum Gasteiger partial charge on any atom is -0.481 e. The largest absolute Gasteiger partial charge is 0.481 e. The predicted octanol–water partition coefficient (Wildman–Crippen LogP) is 2.58. The van der Waals surface area contributed by atoms with Crippen molar-refractivity contribution in [3.8, 4) is 0 Å². The van der Waals surface area contributed by atoms with Gasteiger partial charge in [0.05, 0.1) is 12.0 Å². The SMILES string of the molecule is CCCC(CC(=O)O)NC(=O)c1c(C)oc(C)c1C. The van der Waals surface area contributed by atoms with Crippen molar-refractivity contribution in [2.45, 2.75) is 53.0 Å². The second-order valence-electron chi connectivity index (χ2n) is 4.77. The number of amides is 1. The van der Waals surface area contributed by atoms with Crippen molar-refractivity contribution in [1.82, 2.24) is 5.32 Å². The van der Waals surface area contributed by atoms with Crippen LogP contribution >= 0.6 is 0 Å². The van der Waals surface area contributed by atoms with Crippen molar-refractivity contribution in [3.63, 3.8) is 0 Å². The Bertz CT molecular complexity index is 476. The van der Waals surface area contributed by atoms with E-state index in [-0.39, 0.29) is 18.4 Å². The Kier molecular flexibility index (Phi) is 5.15. The van der Waals surface area contributed by atoms with E-state index >= 15 is 0 Å². The first-order chi connectivity index (χ1) is 8.86. The van der Waals surface area contributed by atoms with Crippen LogP contribution in [0.1, 0.15) is 53.6 Å². The van der Waals surface area contributed by atoms with Gasteiger partial charge in [-0.05, 0) is 27.2 Å². The molecule has 0 aromatic carbocycles. The smallest absolute Gasteiger partial charge is 0.305 e. The summed E-state index contributed by atoms with van der Waals surface area (Å²) in [5.41, 5.74) is 1.32. The molecule has 19 heavy (non-hydrogen) atoms. The van der Waals surface area contributed by atoms with Gasteiger partial charge in [0.15, 0.2) is 0 Å². The highest BCUT2D eigenvalue weighted by Crippen LogP contribution is 2.20. The maximum atomic E-state index is 12.2. The number of hydrogen-bond acceptors (Lipinski definition) is 3. The quantitative estimate of drug-likeness (QED) is 0.830. The summed E-state index contributed by atoms with van der Waals surface area (Å²) in [5, 5.41) is 11.6. The van der Waals surface area contributed by atoms with Crippen LogP contribution < -0.4 is 5.32 Å². The van der Waals surface area contributed by atoms with Gasteiger partial charge in [0.2, 0.25) is 0 Å². The molecule has 1 unspecified atom stereocenters. The lowest BCUT2D eigenvalue weighted by Gasteiger charge is -2.16. The summed E-state index contributed by atoms with van der Waals surface area (Å²) in [4.78, 5) is 23.0. The number of furan rings is 1. The number of carboxylic acids is 1. The third kappa shape index (κ3) is 3.84. The molecule has 0 fully saturated rings. The molecule has 1 heterocycles. The molecule has 1 atom stereocenters. The van der Waals surface area contributed by atoms with E-state index in [1.54, 1.807) is 13.8 Å². The number of rotatable bonds is 6. The summed E-state index contributed by atoms with van der Waals surface area (Å²) in [7, 11) is 0. The first-order valence-electron chi connectivity index (χ1n) is 6.46. The second kappa shape index (κ2) is 6.41. The summed E-state index contributed by atoms with van der Waals surface area (Å²) in [6, 6.07) is -0.344. The van der Waals surface area contributed by atoms with Gasteiger partial charge in [0.25, 0.3) is 5.91 Å². The zero-order valence-corrected chi connectivity index (χ0v) is 11.9. The number of nitrogens with one attached hydrogen (secondary N) is 1. The van der Waals surface area contributed by atoms with Gasteiger partial charge >= 0.3 is 5.97 Å². The van der Waals surface area contributed by atoms with Crippen molar-refractivity contribution < 1.29 is 19.1 Å². The van der Waals surface area contributed by atoms with Crippen LogP contribution in [0, 0.1) is 20.8 Å². The monoisotopic (exact) mass is 267 g/mol. The van der Waals surface area contributed by atoms with Crippen LogP contribution in [0.5, 0.6) is 0 Å². The number of carbonyl (C=O) groups is 2. The molecule has 0 saturated carbocycles. The van der Waals surface area contributed by atoms with Crippen molar-refractivity contribution in [1.29, 1.82) is 0 Å². The fourth-order valence-electron chi connectivity index (χ4n) is 2.17. The van der Waals surface area contributed by atoms with E-state index in [2.05, 4.69) is 5.32 Å². The van der Waals surface area contributed by atoms with Crippen LogP contribution in [-0.2, 0) is 4.79 Å². The molecule has 1 aromatic heterocycles. The molecule has 0 spiro atoms. The first kappa shape index (κ1) is 15.3. The predicted molar refractivity (Wildman–Crippen MR) is 71.3 cm³/mol. The molecule has 0 bridgehead atoms. The van der Waals surface area contributed by atoms with E-state index in [4.69, 9.17) is 9.52 Å². The van der Waals surface area contributed by atoms with Gasteiger partial charge in [0.1, 0.15) is 11.5 Å². The molecule has 0 radical (unpaired) electrons. The molecule has 5 nitrogen and oxygen atoms in total. The van der Waals surface area contributed by atoms with Crippen molar-refractivity contribution in [3.05, 3.63) is 22.6 Å². The van der Waals surface area contributed by atoms with Gasteiger partial charge in [-0.1, -0.05) is 13.3 Å². The summed E-state index contributed by atoms with van der Waals surface area (Å²) < 4.78 is 5.41. The van der Waals surface area contributed by atoms with Gasteiger partial charge in [-0.25, -0.2) is 0 Å². The Morgan fingerprint density at radius 3 is 2.32 bits per heavy atom. The average molecular weight is 267 g/mol. The third-order valence-electron chi connectivity index (χ3n) is 3.18. The Labute approximate surface area is 113 Å². The maximum Gasteiger partial charge on any atom is 0.305 e. The van der Waals surface area contributed by atoms with Gasteiger partial charge in [-0.3, -0.25) is 9.59 Å². The Hall–Kier alpha value is -1.78. The van der Waals surface area contributed by atoms with Crippen LogP contribution in [0.2, 0.25) is 0 Å².